The molecule has 0 radical (unpaired) electrons. The number of aromatic nitrogens is 1. The maximum atomic E-state index is 13.0. The van der Waals surface area contributed by atoms with E-state index in [1.807, 2.05) is 54.6 Å². The number of para-hydroxylation sites is 1. The first kappa shape index (κ1) is 20.6. The van der Waals surface area contributed by atoms with Crippen molar-refractivity contribution in [3.8, 4) is 0 Å². The summed E-state index contributed by atoms with van der Waals surface area (Å²) in [6, 6.07) is 18.4. The highest BCUT2D eigenvalue weighted by molar-refractivity contribution is 5.97. The summed E-state index contributed by atoms with van der Waals surface area (Å²) in [5.74, 6) is -0.768. The number of fused-ring (bicyclic) bond motifs is 1. The molecule has 1 heterocycles. The van der Waals surface area contributed by atoms with Gasteiger partial charge in [0.1, 0.15) is 18.3 Å². The average Bonchev–Trinajstić information content (AvgIpc) is 3.13. The molecule has 1 atom stereocenters. The van der Waals surface area contributed by atoms with E-state index < -0.39 is 12.0 Å². The lowest BCUT2D eigenvalue weighted by Crippen LogP contribution is -2.25. The maximum Gasteiger partial charge on any atom is 0.355 e. The average molecular weight is 393 g/mol. The normalized spacial score (nSPS) is 11.9. The monoisotopic (exact) mass is 393 g/mol. The lowest BCUT2D eigenvalue weighted by molar-refractivity contribution is -0.147. The van der Waals surface area contributed by atoms with E-state index in [0.29, 0.717) is 18.7 Å². The summed E-state index contributed by atoms with van der Waals surface area (Å²) in [5, 5.41) is 0.893. The number of hydrogen-bond acceptors (Lipinski definition) is 4. The molecule has 5 nitrogen and oxygen atoms in total. The molecular weight excluding hydrogens is 366 g/mol. The van der Waals surface area contributed by atoms with Gasteiger partial charge in [0.2, 0.25) is 0 Å². The van der Waals surface area contributed by atoms with E-state index in [4.69, 9.17) is 9.47 Å². The van der Waals surface area contributed by atoms with Crippen molar-refractivity contribution in [1.82, 2.24) is 4.57 Å². The molecule has 0 saturated heterocycles. The van der Waals surface area contributed by atoms with Crippen molar-refractivity contribution in [3.05, 3.63) is 71.9 Å². The number of carbonyl (C=O) groups is 2. The molecule has 3 rings (SSSR count). The van der Waals surface area contributed by atoms with Crippen molar-refractivity contribution < 1.29 is 19.1 Å². The number of unbranched alkanes of at least 4 members (excludes halogenated alkanes) is 1. The van der Waals surface area contributed by atoms with Gasteiger partial charge in [0.05, 0.1) is 6.61 Å². The molecule has 0 aliphatic carbocycles. The summed E-state index contributed by atoms with van der Waals surface area (Å²) >= 11 is 0. The van der Waals surface area contributed by atoms with E-state index >= 15 is 0 Å². The molecule has 0 N–H and O–H groups in total. The predicted molar refractivity (Wildman–Crippen MR) is 113 cm³/mol. The van der Waals surface area contributed by atoms with Crippen LogP contribution in [0.25, 0.3) is 10.9 Å². The Balaban J connectivity index is 1.97. The molecule has 0 amide bonds. The number of hydrogen-bond donors (Lipinski definition) is 0. The van der Waals surface area contributed by atoms with Gasteiger partial charge in [-0.05, 0) is 31.0 Å². The number of nitrogens with zero attached hydrogens (tertiary/aromatic N) is 1. The fraction of sp³-hybridized carbons (Fsp3) is 0.333. The van der Waals surface area contributed by atoms with Gasteiger partial charge in [-0.15, -0.1) is 0 Å². The van der Waals surface area contributed by atoms with Gasteiger partial charge in [0.15, 0.2) is 0 Å². The first-order valence-electron chi connectivity index (χ1n) is 10.1. The zero-order chi connectivity index (χ0) is 20.6. The molecule has 1 unspecified atom stereocenters. The minimum absolute atomic E-state index is 0.181. The Morgan fingerprint density at radius 2 is 1.69 bits per heavy atom. The van der Waals surface area contributed by atoms with Crippen LogP contribution in [0.15, 0.2) is 60.7 Å². The van der Waals surface area contributed by atoms with Gasteiger partial charge < -0.3 is 14.0 Å². The topological polar surface area (TPSA) is 57.5 Å². The van der Waals surface area contributed by atoms with E-state index in [9.17, 15) is 9.59 Å². The second-order valence-corrected chi connectivity index (χ2v) is 6.93. The van der Waals surface area contributed by atoms with Gasteiger partial charge in [-0.3, -0.25) is 0 Å². The summed E-state index contributed by atoms with van der Waals surface area (Å²) in [6.45, 7) is 4.34. The number of carbonyl (C=O) groups excluding carboxylic acids is 2. The van der Waals surface area contributed by atoms with Crippen LogP contribution in [0.3, 0.4) is 0 Å². The molecule has 0 aliphatic heterocycles. The highest BCUT2D eigenvalue weighted by Gasteiger charge is 2.28. The molecule has 0 saturated carbocycles. The number of benzene rings is 2. The minimum Gasteiger partial charge on any atom is -0.464 e. The Labute approximate surface area is 171 Å². The van der Waals surface area contributed by atoms with Crippen LogP contribution in [0.2, 0.25) is 0 Å². The summed E-state index contributed by atoms with van der Waals surface area (Å²) in [6.07, 6.45) is 2.41. The molecule has 0 aliphatic rings. The molecule has 3 aromatic rings. The van der Waals surface area contributed by atoms with Crippen LogP contribution in [0.4, 0.5) is 0 Å². The van der Waals surface area contributed by atoms with Crippen LogP contribution in [0, 0.1) is 0 Å². The molecule has 0 spiro atoms. The maximum absolute atomic E-state index is 13.0. The van der Waals surface area contributed by atoms with Crippen LogP contribution in [-0.4, -0.2) is 23.1 Å². The Morgan fingerprint density at radius 3 is 2.41 bits per heavy atom. The lowest BCUT2D eigenvalue weighted by atomic mass is 10.1. The molecule has 0 fully saturated rings. The van der Waals surface area contributed by atoms with Gasteiger partial charge in [0.25, 0.3) is 0 Å². The highest BCUT2D eigenvalue weighted by Crippen LogP contribution is 2.29. The predicted octanol–water partition coefficient (Wildman–Crippen LogP) is 5.29. The molecule has 2 aromatic carbocycles. The first-order valence-corrected chi connectivity index (χ1v) is 10.1. The van der Waals surface area contributed by atoms with Crippen molar-refractivity contribution in [2.24, 2.45) is 0 Å². The fourth-order valence-electron chi connectivity index (χ4n) is 3.45. The zero-order valence-corrected chi connectivity index (χ0v) is 17.0. The van der Waals surface area contributed by atoms with E-state index in [1.54, 1.807) is 17.6 Å². The van der Waals surface area contributed by atoms with Crippen molar-refractivity contribution in [1.29, 1.82) is 0 Å². The van der Waals surface area contributed by atoms with Crippen molar-refractivity contribution in [2.75, 3.05) is 6.61 Å². The standard InChI is InChI=1S/C24H27NO4/c1-3-5-14-21(23(26)28-4-2)25-20-15-10-9-13-19(20)16-22(25)24(27)29-17-18-11-7-6-8-12-18/h6-13,15-16,21H,3-5,14,17H2,1-2H3. The number of ether oxygens (including phenoxy) is 2. The molecule has 29 heavy (non-hydrogen) atoms. The Morgan fingerprint density at radius 1 is 0.966 bits per heavy atom. The summed E-state index contributed by atoms with van der Waals surface area (Å²) in [4.78, 5) is 25.7. The molecular formula is C24H27NO4. The highest BCUT2D eigenvalue weighted by atomic mass is 16.5. The van der Waals surface area contributed by atoms with Crippen LogP contribution < -0.4 is 0 Å². The quantitative estimate of drug-likeness (QED) is 0.463. The Hall–Kier alpha value is -3.08. The number of rotatable bonds is 9. The zero-order valence-electron chi connectivity index (χ0n) is 17.0. The molecule has 1 aromatic heterocycles. The Kier molecular flexibility index (Phi) is 7.06. The van der Waals surface area contributed by atoms with Gasteiger partial charge in [0, 0.05) is 10.9 Å². The van der Waals surface area contributed by atoms with Crippen molar-refractivity contribution >= 4 is 22.8 Å². The van der Waals surface area contributed by atoms with E-state index in [0.717, 1.165) is 29.3 Å². The van der Waals surface area contributed by atoms with Gasteiger partial charge in [-0.2, -0.15) is 0 Å². The van der Waals surface area contributed by atoms with Crippen LogP contribution >= 0.6 is 0 Å². The summed E-state index contributed by atoms with van der Waals surface area (Å²) < 4.78 is 12.7. The third-order valence-electron chi connectivity index (χ3n) is 4.87. The number of esters is 2. The lowest BCUT2D eigenvalue weighted by Gasteiger charge is -2.21. The van der Waals surface area contributed by atoms with Crippen molar-refractivity contribution in [3.63, 3.8) is 0 Å². The third-order valence-corrected chi connectivity index (χ3v) is 4.87. The smallest absolute Gasteiger partial charge is 0.355 e. The van der Waals surface area contributed by atoms with Gasteiger partial charge in [-0.1, -0.05) is 68.3 Å². The van der Waals surface area contributed by atoms with E-state index in [-0.39, 0.29) is 12.6 Å². The SMILES string of the molecule is CCCCC(C(=O)OCC)n1c(C(=O)OCc2ccccc2)cc2ccccc21. The Bertz CT molecular complexity index is 961. The fourth-order valence-corrected chi connectivity index (χ4v) is 3.45. The van der Waals surface area contributed by atoms with Crippen LogP contribution in [0.1, 0.15) is 55.2 Å². The summed E-state index contributed by atoms with van der Waals surface area (Å²) in [5.41, 5.74) is 2.11. The van der Waals surface area contributed by atoms with Gasteiger partial charge in [-0.25, -0.2) is 9.59 Å². The van der Waals surface area contributed by atoms with Crippen molar-refractivity contribution in [2.45, 2.75) is 45.8 Å². The molecule has 0 bridgehead atoms. The first-order chi connectivity index (χ1) is 14.2. The molecule has 5 heteroatoms. The summed E-state index contributed by atoms with van der Waals surface area (Å²) in [7, 11) is 0. The van der Waals surface area contributed by atoms with Gasteiger partial charge >= 0.3 is 11.9 Å². The second kappa shape index (κ2) is 9.92. The second-order valence-electron chi connectivity index (χ2n) is 6.93. The molecule has 152 valence electrons. The van der Waals surface area contributed by atoms with Crippen LogP contribution in [0.5, 0.6) is 0 Å². The minimum atomic E-state index is -0.561. The van der Waals surface area contributed by atoms with Crippen LogP contribution in [-0.2, 0) is 20.9 Å². The third kappa shape index (κ3) is 4.86. The van der Waals surface area contributed by atoms with E-state index in [2.05, 4.69) is 6.92 Å². The van der Waals surface area contributed by atoms with E-state index in [1.165, 1.54) is 0 Å². The largest absolute Gasteiger partial charge is 0.464 e.